The Morgan fingerprint density at radius 1 is 1.40 bits per heavy atom. The van der Waals surface area contributed by atoms with Crippen LogP contribution in [0.25, 0.3) is 0 Å². The molecule has 0 saturated heterocycles. The zero-order valence-corrected chi connectivity index (χ0v) is 10.8. The number of hydrogen-bond acceptors (Lipinski definition) is 4. The van der Waals surface area contributed by atoms with E-state index in [1.807, 2.05) is 0 Å². The van der Waals surface area contributed by atoms with Crippen molar-refractivity contribution in [3.63, 3.8) is 0 Å². The Bertz CT molecular complexity index is 536. The molecule has 0 heterocycles. The molecule has 2 rings (SSSR count). The minimum Gasteiger partial charge on any atom is -0.327 e. The minimum absolute atomic E-state index is 0.0571. The molecule has 1 aromatic carbocycles. The van der Waals surface area contributed by atoms with Gasteiger partial charge >= 0.3 is 0 Å². The lowest BCUT2D eigenvalue weighted by Gasteiger charge is -2.27. The van der Waals surface area contributed by atoms with Crippen molar-refractivity contribution in [1.82, 2.24) is 0 Å². The van der Waals surface area contributed by atoms with Gasteiger partial charge in [-0.2, -0.15) is 0 Å². The molecule has 2 atom stereocenters. The number of hydrogen-bond donors (Lipinski definition) is 2. The van der Waals surface area contributed by atoms with E-state index in [9.17, 15) is 19.3 Å². The molecule has 1 amide bonds. The van der Waals surface area contributed by atoms with E-state index >= 15 is 0 Å². The van der Waals surface area contributed by atoms with Gasteiger partial charge in [0.2, 0.25) is 5.91 Å². The maximum atomic E-state index is 13.7. The number of rotatable bonds is 3. The molecule has 0 aliphatic heterocycles. The Labute approximate surface area is 115 Å². The molecule has 0 aromatic heterocycles. The molecular weight excluding hydrogens is 265 g/mol. The first-order valence-electron chi connectivity index (χ1n) is 6.49. The van der Waals surface area contributed by atoms with Crippen LogP contribution in [0.2, 0.25) is 0 Å². The number of nitrogens with two attached hydrogens (primary N) is 1. The number of nitrogens with zero attached hydrogens (tertiary/aromatic N) is 1. The van der Waals surface area contributed by atoms with Crippen LogP contribution in [0.1, 0.15) is 25.7 Å². The first-order valence-corrected chi connectivity index (χ1v) is 6.49. The van der Waals surface area contributed by atoms with Gasteiger partial charge in [-0.1, -0.05) is 12.8 Å². The van der Waals surface area contributed by atoms with E-state index in [0.29, 0.717) is 6.42 Å². The predicted molar refractivity (Wildman–Crippen MR) is 71.6 cm³/mol. The Kier molecular flexibility index (Phi) is 4.29. The summed E-state index contributed by atoms with van der Waals surface area (Å²) < 4.78 is 13.7. The molecule has 0 radical (unpaired) electrons. The third-order valence-electron chi connectivity index (χ3n) is 3.58. The number of benzene rings is 1. The van der Waals surface area contributed by atoms with E-state index in [0.717, 1.165) is 31.4 Å². The zero-order valence-electron chi connectivity index (χ0n) is 10.8. The van der Waals surface area contributed by atoms with Gasteiger partial charge < -0.3 is 11.1 Å². The smallest absolute Gasteiger partial charge is 0.272 e. The van der Waals surface area contributed by atoms with Crippen LogP contribution in [0.15, 0.2) is 18.2 Å². The number of halogens is 1. The normalized spacial score (nSPS) is 22.3. The van der Waals surface area contributed by atoms with Crippen LogP contribution in [-0.2, 0) is 4.79 Å². The molecule has 0 bridgehead atoms. The molecule has 1 aliphatic carbocycles. The standard InChI is InChI=1S/C13H16FN3O3/c14-10-7-8(17(19)20)5-6-12(10)16-13(18)9-3-1-2-4-11(9)15/h5-7,9,11H,1-4,15H2,(H,16,18). The van der Waals surface area contributed by atoms with Gasteiger partial charge in [-0.15, -0.1) is 0 Å². The lowest BCUT2D eigenvalue weighted by atomic mass is 9.84. The summed E-state index contributed by atoms with van der Waals surface area (Å²) in [7, 11) is 0. The maximum Gasteiger partial charge on any atom is 0.272 e. The van der Waals surface area contributed by atoms with Crippen molar-refractivity contribution in [2.24, 2.45) is 11.7 Å². The zero-order chi connectivity index (χ0) is 14.7. The lowest BCUT2D eigenvalue weighted by molar-refractivity contribution is -0.385. The van der Waals surface area contributed by atoms with Crippen molar-refractivity contribution in [2.45, 2.75) is 31.7 Å². The topological polar surface area (TPSA) is 98.3 Å². The summed E-state index contributed by atoms with van der Waals surface area (Å²) >= 11 is 0. The lowest BCUT2D eigenvalue weighted by Crippen LogP contribution is -2.40. The first-order chi connectivity index (χ1) is 9.49. The predicted octanol–water partition coefficient (Wildman–Crippen LogP) is 2.19. The second-order valence-electron chi connectivity index (χ2n) is 4.97. The molecule has 7 heteroatoms. The van der Waals surface area contributed by atoms with Crippen molar-refractivity contribution in [3.8, 4) is 0 Å². The number of carbonyl (C=O) groups excluding carboxylic acids is 1. The summed E-state index contributed by atoms with van der Waals surface area (Å²) in [6.07, 6.45) is 3.38. The van der Waals surface area contributed by atoms with E-state index in [2.05, 4.69) is 5.32 Å². The summed E-state index contributed by atoms with van der Waals surface area (Å²) in [5.41, 5.74) is 5.48. The Balaban J connectivity index is 2.09. The number of amides is 1. The van der Waals surface area contributed by atoms with E-state index in [-0.39, 0.29) is 29.2 Å². The summed E-state index contributed by atoms with van der Waals surface area (Å²) in [6.45, 7) is 0. The molecule has 1 aliphatic rings. The average molecular weight is 281 g/mol. The van der Waals surface area contributed by atoms with E-state index in [1.54, 1.807) is 0 Å². The van der Waals surface area contributed by atoms with Gasteiger partial charge in [0, 0.05) is 12.1 Å². The Morgan fingerprint density at radius 2 is 2.10 bits per heavy atom. The molecule has 3 N–H and O–H groups in total. The second kappa shape index (κ2) is 5.96. The van der Waals surface area contributed by atoms with Crippen molar-refractivity contribution in [2.75, 3.05) is 5.32 Å². The van der Waals surface area contributed by atoms with Gasteiger partial charge in [0.05, 0.1) is 22.6 Å². The summed E-state index contributed by atoms with van der Waals surface area (Å²) in [6, 6.07) is 2.92. The fourth-order valence-corrected chi connectivity index (χ4v) is 2.43. The summed E-state index contributed by atoms with van der Waals surface area (Å²) in [5, 5.41) is 13.0. The van der Waals surface area contributed by atoms with Crippen LogP contribution in [0.3, 0.4) is 0 Å². The number of nitro groups is 1. The molecule has 2 unspecified atom stereocenters. The SMILES string of the molecule is NC1CCCCC1C(=O)Nc1ccc([N+](=O)[O-])cc1F. The maximum absolute atomic E-state index is 13.7. The van der Waals surface area contributed by atoms with Crippen LogP contribution in [0.5, 0.6) is 0 Å². The second-order valence-corrected chi connectivity index (χ2v) is 4.97. The fourth-order valence-electron chi connectivity index (χ4n) is 2.43. The minimum atomic E-state index is -0.822. The summed E-state index contributed by atoms with van der Waals surface area (Å²) in [4.78, 5) is 21.9. The highest BCUT2D eigenvalue weighted by atomic mass is 19.1. The van der Waals surface area contributed by atoms with Gasteiger partial charge in [0.1, 0.15) is 0 Å². The number of anilines is 1. The molecular formula is C13H16FN3O3. The van der Waals surface area contributed by atoms with Crippen molar-refractivity contribution in [3.05, 3.63) is 34.1 Å². The van der Waals surface area contributed by atoms with Crippen molar-refractivity contribution >= 4 is 17.3 Å². The molecule has 1 saturated carbocycles. The van der Waals surface area contributed by atoms with Crippen LogP contribution >= 0.6 is 0 Å². The highest BCUT2D eigenvalue weighted by Crippen LogP contribution is 2.26. The third-order valence-corrected chi connectivity index (χ3v) is 3.58. The molecule has 108 valence electrons. The van der Waals surface area contributed by atoms with Crippen molar-refractivity contribution in [1.29, 1.82) is 0 Å². The number of nitrogens with one attached hydrogen (secondary N) is 1. The molecule has 20 heavy (non-hydrogen) atoms. The van der Waals surface area contributed by atoms with Crippen LogP contribution in [0, 0.1) is 21.8 Å². The monoisotopic (exact) mass is 281 g/mol. The van der Waals surface area contributed by atoms with E-state index < -0.39 is 10.7 Å². The van der Waals surface area contributed by atoms with Crippen LogP contribution in [0.4, 0.5) is 15.8 Å². The number of carbonyl (C=O) groups is 1. The quantitative estimate of drug-likeness (QED) is 0.655. The van der Waals surface area contributed by atoms with Gasteiger partial charge in [-0.25, -0.2) is 4.39 Å². The number of nitro benzene ring substituents is 1. The van der Waals surface area contributed by atoms with Crippen molar-refractivity contribution < 1.29 is 14.1 Å². The van der Waals surface area contributed by atoms with E-state index in [1.165, 1.54) is 6.07 Å². The van der Waals surface area contributed by atoms with Gasteiger partial charge in [-0.05, 0) is 18.9 Å². The third kappa shape index (κ3) is 3.11. The molecule has 1 fully saturated rings. The fraction of sp³-hybridized carbons (Fsp3) is 0.462. The van der Waals surface area contributed by atoms with Gasteiger partial charge in [-0.3, -0.25) is 14.9 Å². The Morgan fingerprint density at radius 3 is 2.70 bits per heavy atom. The highest BCUT2D eigenvalue weighted by Gasteiger charge is 2.28. The van der Waals surface area contributed by atoms with Gasteiger partial charge in [0.25, 0.3) is 5.69 Å². The average Bonchev–Trinajstić information content (AvgIpc) is 2.41. The molecule has 0 spiro atoms. The molecule has 1 aromatic rings. The highest BCUT2D eigenvalue weighted by molar-refractivity contribution is 5.93. The number of non-ortho nitro benzene ring substituents is 1. The van der Waals surface area contributed by atoms with Crippen LogP contribution < -0.4 is 11.1 Å². The van der Waals surface area contributed by atoms with Gasteiger partial charge in [0.15, 0.2) is 5.82 Å². The largest absolute Gasteiger partial charge is 0.327 e. The first kappa shape index (κ1) is 14.4. The van der Waals surface area contributed by atoms with Crippen LogP contribution in [-0.4, -0.2) is 16.9 Å². The Hall–Kier alpha value is -2.02. The van der Waals surface area contributed by atoms with E-state index in [4.69, 9.17) is 5.73 Å². The molecule has 6 nitrogen and oxygen atoms in total. The summed E-state index contributed by atoms with van der Waals surface area (Å²) in [5.74, 6) is -1.49.